The summed E-state index contributed by atoms with van der Waals surface area (Å²) in [5, 5.41) is 15.0. The van der Waals surface area contributed by atoms with Gasteiger partial charge in [0.05, 0.1) is 12.1 Å². The van der Waals surface area contributed by atoms with Crippen molar-refractivity contribution in [3.63, 3.8) is 0 Å². The minimum atomic E-state index is -0.949. The van der Waals surface area contributed by atoms with Crippen LogP contribution in [-0.4, -0.2) is 28.2 Å². The first-order valence-corrected chi connectivity index (χ1v) is 5.43. The van der Waals surface area contributed by atoms with Crippen LogP contribution in [0.1, 0.15) is 42.1 Å². The lowest BCUT2D eigenvalue weighted by Gasteiger charge is -2.11. The molecule has 0 saturated heterocycles. The Labute approximate surface area is 99.0 Å². The van der Waals surface area contributed by atoms with E-state index in [4.69, 9.17) is 9.63 Å². The van der Waals surface area contributed by atoms with Crippen LogP contribution in [0.2, 0.25) is 0 Å². The lowest BCUT2D eigenvalue weighted by molar-refractivity contribution is -0.137. The largest absolute Gasteiger partial charge is 0.481 e. The molecule has 1 unspecified atom stereocenters. The van der Waals surface area contributed by atoms with Gasteiger partial charge in [-0.1, -0.05) is 12.1 Å². The summed E-state index contributed by atoms with van der Waals surface area (Å²) >= 11 is 0. The number of nitrogens with zero attached hydrogens (tertiary/aromatic N) is 1. The molecule has 0 saturated carbocycles. The zero-order chi connectivity index (χ0) is 13.0. The summed E-state index contributed by atoms with van der Waals surface area (Å²) < 4.78 is 4.94. The van der Waals surface area contributed by atoms with Gasteiger partial charge in [0.25, 0.3) is 5.91 Å². The number of aryl methyl sites for hydroxylation is 2. The van der Waals surface area contributed by atoms with E-state index < -0.39 is 12.0 Å². The summed E-state index contributed by atoms with van der Waals surface area (Å²) in [7, 11) is 0. The maximum absolute atomic E-state index is 11.9. The first-order valence-electron chi connectivity index (χ1n) is 5.43. The van der Waals surface area contributed by atoms with Gasteiger partial charge in [-0.3, -0.25) is 9.59 Å². The highest BCUT2D eigenvalue weighted by molar-refractivity contribution is 5.96. The summed E-state index contributed by atoms with van der Waals surface area (Å²) in [6.07, 6.45) is 0.477. The van der Waals surface area contributed by atoms with Crippen LogP contribution in [0.15, 0.2) is 4.52 Å². The molecular weight excluding hydrogens is 224 g/mol. The second-order valence-electron chi connectivity index (χ2n) is 3.89. The van der Waals surface area contributed by atoms with Gasteiger partial charge in [-0.25, -0.2) is 0 Å². The standard InChI is InChI=1S/C11H16N2O4/c1-4-8-10(7(3)17-13-8)11(16)12-6(2)5-9(14)15/h6H,4-5H2,1-3H3,(H,12,16)(H,14,15). The number of hydrogen-bond acceptors (Lipinski definition) is 4. The fourth-order valence-electron chi connectivity index (χ4n) is 1.56. The third-order valence-corrected chi connectivity index (χ3v) is 2.35. The second kappa shape index (κ2) is 5.47. The lowest BCUT2D eigenvalue weighted by Crippen LogP contribution is -2.34. The Hall–Kier alpha value is -1.85. The molecule has 1 aromatic heterocycles. The van der Waals surface area contributed by atoms with Crippen molar-refractivity contribution in [2.75, 3.05) is 0 Å². The van der Waals surface area contributed by atoms with E-state index in [1.54, 1.807) is 13.8 Å². The van der Waals surface area contributed by atoms with Crippen LogP contribution in [0.5, 0.6) is 0 Å². The van der Waals surface area contributed by atoms with E-state index in [1.165, 1.54) is 0 Å². The van der Waals surface area contributed by atoms with E-state index in [-0.39, 0.29) is 12.3 Å². The Morgan fingerprint density at radius 1 is 1.53 bits per heavy atom. The molecule has 0 fully saturated rings. The van der Waals surface area contributed by atoms with Gasteiger partial charge in [0.1, 0.15) is 11.3 Å². The number of aliphatic carboxylic acids is 1. The molecule has 0 aliphatic carbocycles. The minimum Gasteiger partial charge on any atom is -0.481 e. The molecule has 94 valence electrons. The predicted octanol–water partition coefficient (Wildman–Crippen LogP) is 1.14. The lowest BCUT2D eigenvalue weighted by atomic mass is 10.1. The van der Waals surface area contributed by atoms with Crippen molar-refractivity contribution < 1.29 is 19.2 Å². The molecule has 0 radical (unpaired) electrons. The maximum atomic E-state index is 11.9. The van der Waals surface area contributed by atoms with E-state index in [1.807, 2.05) is 6.92 Å². The van der Waals surface area contributed by atoms with Gasteiger partial charge in [-0.05, 0) is 20.3 Å². The van der Waals surface area contributed by atoms with Gasteiger partial charge in [0, 0.05) is 6.04 Å². The van der Waals surface area contributed by atoms with E-state index in [0.717, 1.165) is 0 Å². The summed E-state index contributed by atoms with van der Waals surface area (Å²) in [6.45, 7) is 5.16. The van der Waals surface area contributed by atoms with Crippen LogP contribution in [0.25, 0.3) is 0 Å². The molecule has 0 bridgehead atoms. The summed E-state index contributed by atoms with van der Waals surface area (Å²) in [4.78, 5) is 22.4. The van der Waals surface area contributed by atoms with Crippen LogP contribution in [-0.2, 0) is 11.2 Å². The number of hydrogen-bond donors (Lipinski definition) is 2. The molecule has 17 heavy (non-hydrogen) atoms. The number of rotatable bonds is 5. The quantitative estimate of drug-likeness (QED) is 0.805. The van der Waals surface area contributed by atoms with Gasteiger partial charge in [-0.2, -0.15) is 0 Å². The number of nitrogens with one attached hydrogen (secondary N) is 1. The molecule has 1 atom stereocenters. The zero-order valence-electron chi connectivity index (χ0n) is 10.1. The third kappa shape index (κ3) is 3.30. The number of carbonyl (C=O) groups is 2. The van der Waals surface area contributed by atoms with E-state index >= 15 is 0 Å². The van der Waals surface area contributed by atoms with Crippen molar-refractivity contribution in [1.29, 1.82) is 0 Å². The van der Waals surface area contributed by atoms with Crippen molar-refractivity contribution in [1.82, 2.24) is 10.5 Å². The summed E-state index contributed by atoms with van der Waals surface area (Å²) in [6, 6.07) is -0.431. The van der Waals surface area contributed by atoms with Crippen molar-refractivity contribution in [2.45, 2.75) is 39.7 Å². The highest BCUT2D eigenvalue weighted by atomic mass is 16.5. The van der Waals surface area contributed by atoms with Gasteiger partial charge >= 0.3 is 5.97 Å². The highest BCUT2D eigenvalue weighted by Gasteiger charge is 2.21. The van der Waals surface area contributed by atoms with Crippen molar-refractivity contribution in [3.8, 4) is 0 Å². The molecule has 0 aliphatic heterocycles. The van der Waals surface area contributed by atoms with Crippen LogP contribution >= 0.6 is 0 Å². The predicted molar refractivity (Wildman–Crippen MR) is 59.8 cm³/mol. The number of carboxylic acid groups (broad SMARTS) is 1. The molecular formula is C11H16N2O4. The zero-order valence-corrected chi connectivity index (χ0v) is 10.1. The molecule has 0 aliphatic rings. The summed E-state index contributed by atoms with van der Waals surface area (Å²) in [5.41, 5.74) is 0.993. The smallest absolute Gasteiger partial charge is 0.305 e. The Balaban J connectivity index is 2.75. The van der Waals surface area contributed by atoms with E-state index in [0.29, 0.717) is 23.4 Å². The Bertz CT molecular complexity index is 425. The molecule has 1 heterocycles. The average Bonchev–Trinajstić information content (AvgIpc) is 2.57. The van der Waals surface area contributed by atoms with Gasteiger partial charge in [0.15, 0.2) is 0 Å². The number of carbonyl (C=O) groups excluding carboxylic acids is 1. The molecule has 6 heteroatoms. The van der Waals surface area contributed by atoms with Crippen LogP contribution in [0.4, 0.5) is 0 Å². The molecule has 0 spiro atoms. The number of carboxylic acids is 1. The molecule has 2 N–H and O–H groups in total. The van der Waals surface area contributed by atoms with E-state index in [9.17, 15) is 9.59 Å². The Morgan fingerprint density at radius 2 is 2.18 bits per heavy atom. The maximum Gasteiger partial charge on any atom is 0.305 e. The van der Waals surface area contributed by atoms with Crippen LogP contribution < -0.4 is 5.32 Å². The number of aromatic nitrogens is 1. The average molecular weight is 240 g/mol. The van der Waals surface area contributed by atoms with Crippen molar-refractivity contribution in [3.05, 3.63) is 17.0 Å². The second-order valence-corrected chi connectivity index (χ2v) is 3.89. The fraction of sp³-hybridized carbons (Fsp3) is 0.545. The third-order valence-electron chi connectivity index (χ3n) is 2.35. The van der Waals surface area contributed by atoms with Crippen molar-refractivity contribution in [2.24, 2.45) is 0 Å². The topological polar surface area (TPSA) is 92.4 Å². The minimum absolute atomic E-state index is 0.114. The van der Waals surface area contributed by atoms with Gasteiger partial charge in [-0.15, -0.1) is 0 Å². The first kappa shape index (κ1) is 13.2. The molecule has 1 aromatic rings. The molecule has 6 nitrogen and oxygen atoms in total. The molecule has 1 amide bonds. The fourth-order valence-corrected chi connectivity index (χ4v) is 1.56. The summed E-state index contributed by atoms with van der Waals surface area (Å²) in [5.74, 6) is -0.841. The highest BCUT2D eigenvalue weighted by Crippen LogP contribution is 2.14. The van der Waals surface area contributed by atoms with Crippen LogP contribution in [0, 0.1) is 6.92 Å². The van der Waals surface area contributed by atoms with Crippen LogP contribution in [0.3, 0.4) is 0 Å². The normalized spacial score (nSPS) is 12.2. The Kier molecular flexibility index (Phi) is 4.25. The number of amides is 1. The van der Waals surface area contributed by atoms with Gasteiger partial charge in [0.2, 0.25) is 0 Å². The Morgan fingerprint density at radius 3 is 2.71 bits per heavy atom. The van der Waals surface area contributed by atoms with E-state index in [2.05, 4.69) is 10.5 Å². The monoisotopic (exact) mass is 240 g/mol. The van der Waals surface area contributed by atoms with Gasteiger partial charge < -0.3 is 14.9 Å². The molecule has 1 rings (SSSR count). The van der Waals surface area contributed by atoms with Crippen molar-refractivity contribution >= 4 is 11.9 Å². The SMILES string of the molecule is CCc1noc(C)c1C(=O)NC(C)CC(=O)O. The first-order chi connectivity index (χ1) is 7.95. The molecule has 0 aromatic carbocycles.